The first-order valence-electron chi connectivity index (χ1n) is 12.6. The molecule has 0 spiro atoms. The Morgan fingerprint density at radius 3 is 2.18 bits per heavy atom. The largest absolute Gasteiger partial charge is 0.465 e. The normalized spacial score (nSPS) is 18.3. The predicted octanol–water partition coefficient (Wildman–Crippen LogP) is 7.73. The highest BCUT2D eigenvalue weighted by Gasteiger charge is 2.45. The van der Waals surface area contributed by atoms with Crippen LogP contribution in [0.3, 0.4) is 0 Å². The Morgan fingerprint density at radius 2 is 1.54 bits per heavy atom. The molecule has 0 saturated heterocycles. The van der Waals surface area contributed by atoms with Gasteiger partial charge in [0.05, 0.1) is 33.9 Å². The molecular weight excluding hydrogens is 543 g/mol. The van der Waals surface area contributed by atoms with E-state index in [0.717, 1.165) is 48.2 Å². The van der Waals surface area contributed by atoms with E-state index in [1.54, 1.807) is 11.8 Å². The fourth-order valence-corrected chi connectivity index (χ4v) is 8.08. The number of anilines is 1. The quantitative estimate of drug-likeness (QED) is 0.181. The van der Waals surface area contributed by atoms with Gasteiger partial charge in [0.25, 0.3) is 0 Å². The summed E-state index contributed by atoms with van der Waals surface area (Å²) in [7, 11) is 1.40. The molecule has 0 unspecified atom stereocenters. The van der Waals surface area contributed by atoms with Crippen molar-refractivity contribution in [2.75, 3.05) is 12.0 Å². The summed E-state index contributed by atoms with van der Waals surface area (Å²) in [5.74, 6) is -0.380. The molecule has 3 aromatic carbocycles. The second kappa shape index (κ2) is 10.8. The number of thiocarbonyl (C=S) groups is 1. The van der Waals surface area contributed by atoms with Gasteiger partial charge in [-0.05, 0) is 62.1 Å². The molecule has 1 amide bonds. The van der Waals surface area contributed by atoms with Crippen molar-refractivity contribution in [1.29, 1.82) is 0 Å². The Bertz CT molecular complexity index is 1560. The van der Waals surface area contributed by atoms with Crippen LogP contribution in [0.4, 0.5) is 5.69 Å². The minimum Gasteiger partial charge on any atom is -0.465 e. The molecule has 39 heavy (non-hydrogen) atoms. The smallest absolute Gasteiger partial charge is 0.345 e. The highest BCUT2D eigenvalue weighted by molar-refractivity contribution is 8.32. The minimum atomic E-state index is -0.764. The number of rotatable bonds is 4. The molecule has 2 aliphatic rings. The highest BCUT2D eigenvalue weighted by atomic mass is 32.2. The number of carbonyl (C=O) groups excluding carboxylic acids is 2. The van der Waals surface area contributed by atoms with Crippen LogP contribution < -0.4 is 4.90 Å². The lowest BCUT2D eigenvalue weighted by molar-refractivity contribution is -0.135. The summed E-state index contributed by atoms with van der Waals surface area (Å²) in [6, 6.07) is 23.9. The lowest BCUT2D eigenvalue weighted by Gasteiger charge is -2.45. The predicted molar refractivity (Wildman–Crippen MR) is 168 cm³/mol. The van der Waals surface area contributed by atoms with E-state index in [9.17, 15) is 9.59 Å². The van der Waals surface area contributed by atoms with Crippen molar-refractivity contribution in [3.05, 3.63) is 110 Å². The molecule has 2 heterocycles. The number of ether oxygens (including phenoxy) is 1. The van der Waals surface area contributed by atoms with Crippen LogP contribution in [0.2, 0.25) is 0 Å². The van der Waals surface area contributed by atoms with Crippen LogP contribution in [-0.4, -0.2) is 29.4 Å². The molecule has 4 nitrogen and oxygen atoms in total. The third-order valence-electron chi connectivity index (χ3n) is 7.12. The number of thioether (sulfide) groups is 2. The van der Waals surface area contributed by atoms with Gasteiger partial charge in [-0.2, -0.15) is 0 Å². The third-order valence-corrected chi connectivity index (χ3v) is 10.4. The number of benzene rings is 3. The molecule has 3 aromatic rings. The molecule has 0 N–H and O–H groups in total. The number of fused-ring (bicyclic) bond motifs is 1. The highest BCUT2D eigenvalue weighted by Crippen LogP contribution is 2.58. The number of aryl methyl sites for hydroxylation is 2. The van der Waals surface area contributed by atoms with Crippen molar-refractivity contribution < 1.29 is 14.3 Å². The van der Waals surface area contributed by atoms with E-state index in [2.05, 4.69) is 26.0 Å². The molecule has 2 aliphatic heterocycles. The minimum absolute atomic E-state index is 0.00724. The molecule has 7 heteroatoms. The van der Waals surface area contributed by atoms with E-state index in [4.69, 9.17) is 17.0 Å². The number of hydrogen-bond donors (Lipinski definition) is 0. The topological polar surface area (TPSA) is 46.6 Å². The standard InChI is InChI=1S/C32H29NO3S3/c1-19-16-23-24(17-20(19)2)33(25(34)18-21-12-8-6-9-13-21)32(3,4)29(37)26(23)31-38-27(22-14-10-7-11-15-22)28(39-31)30(35)36-5/h6-17H,18H2,1-5H3. The second-order valence-corrected chi connectivity index (χ2v) is 12.8. The first-order chi connectivity index (χ1) is 18.6. The summed E-state index contributed by atoms with van der Waals surface area (Å²) in [5, 5.41) is 0. The third kappa shape index (κ3) is 4.99. The maximum absolute atomic E-state index is 13.9. The Hall–Kier alpha value is -3.13. The summed E-state index contributed by atoms with van der Waals surface area (Å²) >= 11 is 9.13. The summed E-state index contributed by atoms with van der Waals surface area (Å²) in [6.07, 6.45) is 0.279. The zero-order valence-corrected chi connectivity index (χ0v) is 25.0. The van der Waals surface area contributed by atoms with E-state index in [1.165, 1.54) is 18.9 Å². The summed E-state index contributed by atoms with van der Waals surface area (Å²) in [4.78, 5) is 30.7. The van der Waals surface area contributed by atoms with Crippen LogP contribution in [0, 0.1) is 13.8 Å². The van der Waals surface area contributed by atoms with Gasteiger partial charge >= 0.3 is 5.97 Å². The molecule has 0 radical (unpaired) electrons. The lowest BCUT2D eigenvalue weighted by Crippen LogP contribution is -2.56. The van der Waals surface area contributed by atoms with Crippen LogP contribution in [0.25, 0.3) is 10.5 Å². The SMILES string of the molecule is COC(=O)C1=C(c2ccccc2)SC(=C2C(=S)C(C)(C)N(C(=O)Cc3ccccc3)c3cc(C)c(C)cc32)S1. The molecule has 0 bridgehead atoms. The molecule has 0 atom stereocenters. The Balaban J connectivity index is 1.67. The molecule has 198 valence electrons. The number of carbonyl (C=O) groups is 2. The maximum atomic E-state index is 13.9. The van der Waals surface area contributed by atoms with E-state index >= 15 is 0 Å². The van der Waals surface area contributed by atoms with Crippen molar-refractivity contribution in [2.24, 2.45) is 0 Å². The van der Waals surface area contributed by atoms with Gasteiger partial charge < -0.3 is 9.64 Å². The van der Waals surface area contributed by atoms with Gasteiger partial charge in [-0.15, -0.1) is 0 Å². The molecule has 0 aliphatic carbocycles. The summed E-state index contributed by atoms with van der Waals surface area (Å²) in [5.41, 5.74) is 6.02. The van der Waals surface area contributed by atoms with Crippen LogP contribution in [-0.2, 0) is 20.7 Å². The van der Waals surface area contributed by atoms with Crippen molar-refractivity contribution in [1.82, 2.24) is 0 Å². The second-order valence-electron chi connectivity index (χ2n) is 10.1. The molecule has 0 fully saturated rings. The lowest BCUT2D eigenvalue weighted by atomic mass is 9.81. The van der Waals surface area contributed by atoms with Gasteiger partial charge in [0.2, 0.25) is 5.91 Å². The van der Waals surface area contributed by atoms with Crippen molar-refractivity contribution in [2.45, 2.75) is 39.7 Å². The van der Waals surface area contributed by atoms with E-state index in [1.807, 2.05) is 79.4 Å². The first-order valence-corrected chi connectivity index (χ1v) is 14.7. The number of nitrogens with zero attached hydrogens (tertiary/aromatic N) is 1. The van der Waals surface area contributed by atoms with E-state index in [0.29, 0.717) is 9.77 Å². The average Bonchev–Trinajstić information content (AvgIpc) is 3.36. The molecule has 5 rings (SSSR count). The van der Waals surface area contributed by atoms with E-state index < -0.39 is 5.54 Å². The zero-order chi connectivity index (χ0) is 27.9. The van der Waals surface area contributed by atoms with Gasteiger partial charge in [-0.1, -0.05) is 96.4 Å². The number of hydrogen-bond acceptors (Lipinski definition) is 6. The van der Waals surface area contributed by atoms with Crippen LogP contribution in [0.5, 0.6) is 0 Å². The van der Waals surface area contributed by atoms with Crippen molar-refractivity contribution >= 4 is 68.6 Å². The fraction of sp³-hybridized carbons (Fsp3) is 0.219. The maximum Gasteiger partial charge on any atom is 0.345 e. The van der Waals surface area contributed by atoms with Crippen LogP contribution >= 0.6 is 35.7 Å². The zero-order valence-electron chi connectivity index (χ0n) is 22.5. The van der Waals surface area contributed by atoms with Crippen molar-refractivity contribution in [3.8, 4) is 0 Å². The van der Waals surface area contributed by atoms with Gasteiger partial charge in [-0.3, -0.25) is 4.79 Å². The number of amides is 1. The monoisotopic (exact) mass is 571 g/mol. The van der Waals surface area contributed by atoms with Gasteiger partial charge in [-0.25, -0.2) is 4.79 Å². The Morgan fingerprint density at radius 1 is 0.923 bits per heavy atom. The van der Waals surface area contributed by atoms with Crippen LogP contribution in [0.1, 0.15) is 41.7 Å². The number of methoxy groups -OCH3 is 1. The van der Waals surface area contributed by atoms with Gasteiger partial charge in [0.1, 0.15) is 4.91 Å². The summed E-state index contributed by atoms with van der Waals surface area (Å²) in [6.45, 7) is 8.15. The molecule has 0 saturated carbocycles. The first kappa shape index (κ1) is 27.4. The van der Waals surface area contributed by atoms with Crippen LogP contribution in [0.15, 0.2) is 81.9 Å². The summed E-state index contributed by atoms with van der Waals surface area (Å²) < 4.78 is 6.08. The Kier molecular flexibility index (Phi) is 7.60. The molecule has 0 aromatic heterocycles. The average molecular weight is 572 g/mol. The fourth-order valence-electron chi connectivity index (χ4n) is 4.92. The van der Waals surface area contributed by atoms with Gasteiger partial charge in [0, 0.05) is 16.0 Å². The van der Waals surface area contributed by atoms with Gasteiger partial charge in [0.15, 0.2) is 0 Å². The molecular formula is C32H29NO3S3. The number of esters is 1. The van der Waals surface area contributed by atoms with Crippen molar-refractivity contribution in [3.63, 3.8) is 0 Å². The Labute approximate surface area is 243 Å². The van der Waals surface area contributed by atoms with E-state index in [-0.39, 0.29) is 18.3 Å².